The van der Waals surface area contributed by atoms with Crippen LogP contribution in [0.5, 0.6) is 11.5 Å². The number of phenolic OH excluding ortho intramolecular Hbond substituents is 2. The van der Waals surface area contributed by atoms with Gasteiger partial charge in [-0.3, -0.25) is 0 Å². The summed E-state index contributed by atoms with van der Waals surface area (Å²) in [7, 11) is 0. The summed E-state index contributed by atoms with van der Waals surface area (Å²) in [6.45, 7) is 0. The fourth-order valence-electron chi connectivity index (χ4n) is 0.979. The molecular formula is C6H2O4. The third kappa shape index (κ3) is 0.270. The number of aromatic hydroxyl groups is 2. The lowest BCUT2D eigenvalue weighted by atomic mass is 10.3. The minimum atomic E-state index is -0.216. The third-order valence-electron chi connectivity index (χ3n) is 1.60. The van der Waals surface area contributed by atoms with Gasteiger partial charge in [0.15, 0.2) is 0 Å². The zero-order chi connectivity index (χ0) is 6.88. The van der Waals surface area contributed by atoms with Crippen LogP contribution in [-0.4, -0.2) is 10.2 Å². The molecule has 0 aliphatic heterocycles. The summed E-state index contributed by atoms with van der Waals surface area (Å²) in [6.07, 6.45) is 0. The molecule has 2 aromatic heterocycles. The Hall–Kier alpha value is -1.58. The minimum absolute atomic E-state index is 0.216. The van der Waals surface area contributed by atoms with Crippen LogP contribution >= 0.6 is 0 Å². The van der Waals surface area contributed by atoms with Gasteiger partial charge in [0.1, 0.15) is 0 Å². The van der Waals surface area contributed by atoms with Gasteiger partial charge in [0.25, 0.3) is 0 Å². The smallest absolute Gasteiger partial charge is 0.220 e. The highest BCUT2D eigenvalue weighted by atomic mass is 16.5. The van der Waals surface area contributed by atoms with Gasteiger partial charge in [-0.25, -0.2) is 0 Å². The largest absolute Gasteiger partial charge is 0.501 e. The van der Waals surface area contributed by atoms with E-state index in [4.69, 9.17) is 19.0 Å². The van der Waals surface area contributed by atoms with E-state index in [9.17, 15) is 0 Å². The Balaban J connectivity index is 2.66. The highest BCUT2D eigenvalue weighted by Crippen LogP contribution is 2.51. The molecule has 0 spiro atoms. The maximum absolute atomic E-state index is 9.02. The van der Waals surface area contributed by atoms with E-state index >= 15 is 0 Å². The average Bonchev–Trinajstić information content (AvgIpc) is 2.71. The van der Waals surface area contributed by atoms with E-state index in [2.05, 4.69) is 0 Å². The molecule has 0 bridgehead atoms. The molecule has 2 N–H and O–H groups in total. The van der Waals surface area contributed by atoms with Crippen molar-refractivity contribution in [3.63, 3.8) is 0 Å². The summed E-state index contributed by atoms with van der Waals surface area (Å²) in [5.74, 6) is -0.433. The first-order chi connectivity index (χ1) is 4.79. The van der Waals surface area contributed by atoms with E-state index in [1.807, 2.05) is 0 Å². The Bertz CT molecular complexity index is 429. The highest BCUT2D eigenvalue weighted by molar-refractivity contribution is 6.12. The molecule has 0 unspecified atom stereocenters. The molecule has 0 fully saturated rings. The van der Waals surface area contributed by atoms with Crippen LogP contribution in [0.3, 0.4) is 0 Å². The van der Waals surface area contributed by atoms with Gasteiger partial charge in [-0.15, -0.1) is 0 Å². The number of hydrogen-bond donors (Lipinski definition) is 2. The predicted octanol–water partition coefficient (Wildman–Crippen LogP) is 1.47. The average molecular weight is 138 g/mol. The van der Waals surface area contributed by atoms with Crippen LogP contribution in [0.2, 0.25) is 0 Å². The molecule has 3 rings (SSSR count). The number of rotatable bonds is 0. The maximum atomic E-state index is 9.02. The molecule has 4 heteroatoms. The van der Waals surface area contributed by atoms with Crippen molar-refractivity contribution in [1.82, 2.24) is 0 Å². The SMILES string of the molecule is Oc1c(O)c2oc2c2oc12. The van der Waals surface area contributed by atoms with Gasteiger partial charge in [0, 0.05) is 0 Å². The predicted molar refractivity (Wildman–Crippen MR) is 31.7 cm³/mol. The molecule has 1 aromatic carbocycles. The van der Waals surface area contributed by atoms with E-state index in [0.29, 0.717) is 22.3 Å². The van der Waals surface area contributed by atoms with Crippen molar-refractivity contribution in [3.05, 3.63) is 0 Å². The Morgan fingerprint density at radius 1 is 0.700 bits per heavy atom. The molecule has 0 saturated heterocycles. The van der Waals surface area contributed by atoms with Gasteiger partial charge >= 0.3 is 0 Å². The first-order valence-electron chi connectivity index (χ1n) is 2.76. The normalized spacial score (nSPS) is 12.8. The Kier molecular flexibility index (Phi) is 0.385. The molecule has 0 radical (unpaired) electrons. The van der Waals surface area contributed by atoms with Gasteiger partial charge in [-0.05, 0) is 0 Å². The van der Waals surface area contributed by atoms with Crippen LogP contribution in [0.15, 0.2) is 8.83 Å². The van der Waals surface area contributed by atoms with E-state index < -0.39 is 0 Å². The van der Waals surface area contributed by atoms with Crippen molar-refractivity contribution in [2.24, 2.45) is 0 Å². The molecule has 0 saturated carbocycles. The zero-order valence-corrected chi connectivity index (χ0v) is 4.71. The van der Waals surface area contributed by atoms with Crippen LogP contribution in [0.1, 0.15) is 0 Å². The van der Waals surface area contributed by atoms with Crippen molar-refractivity contribution >= 4 is 22.3 Å². The summed E-state index contributed by atoms with van der Waals surface area (Å²) in [6, 6.07) is 0. The summed E-state index contributed by atoms with van der Waals surface area (Å²) in [4.78, 5) is 0. The van der Waals surface area contributed by atoms with E-state index in [1.54, 1.807) is 0 Å². The quantitative estimate of drug-likeness (QED) is 0.461. The molecule has 10 heavy (non-hydrogen) atoms. The number of fused-ring (bicyclic) bond motifs is 3. The number of hydrogen-bond acceptors (Lipinski definition) is 4. The Morgan fingerprint density at radius 3 is 1.50 bits per heavy atom. The highest BCUT2D eigenvalue weighted by Gasteiger charge is 2.30. The molecule has 0 aliphatic carbocycles. The lowest BCUT2D eigenvalue weighted by Crippen LogP contribution is -1.59. The first-order valence-corrected chi connectivity index (χ1v) is 2.76. The van der Waals surface area contributed by atoms with E-state index in [0.717, 1.165) is 0 Å². The fourth-order valence-corrected chi connectivity index (χ4v) is 0.979. The zero-order valence-electron chi connectivity index (χ0n) is 4.71. The second kappa shape index (κ2) is 0.901. The van der Waals surface area contributed by atoms with Crippen LogP contribution < -0.4 is 0 Å². The van der Waals surface area contributed by atoms with Crippen molar-refractivity contribution < 1.29 is 19.0 Å². The lowest BCUT2D eigenvalue weighted by molar-refractivity contribution is 0.407. The molecule has 4 nitrogen and oxygen atoms in total. The lowest BCUT2D eigenvalue weighted by Gasteiger charge is -1.83. The van der Waals surface area contributed by atoms with Gasteiger partial charge in [-0.1, -0.05) is 0 Å². The second-order valence-electron chi connectivity index (χ2n) is 2.22. The monoisotopic (exact) mass is 138 g/mol. The van der Waals surface area contributed by atoms with Gasteiger partial charge < -0.3 is 19.0 Å². The standard InChI is InChI=1S/C6H2O4/c7-1-2(8)4-6(10-4)5-3(1)9-5/h7-8H. The summed E-state index contributed by atoms with van der Waals surface area (Å²) >= 11 is 0. The summed E-state index contributed by atoms with van der Waals surface area (Å²) in [5.41, 5.74) is 1.80. The molecular weight excluding hydrogens is 136 g/mol. The van der Waals surface area contributed by atoms with Gasteiger partial charge in [0.05, 0.1) is 0 Å². The van der Waals surface area contributed by atoms with Crippen molar-refractivity contribution in [3.8, 4) is 11.5 Å². The number of phenols is 2. The van der Waals surface area contributed by atoms with Crippen LogP contribution in [-0.2, 0) is 0 Å². The number of benzene rings is 1. The van der Waals surface area contributed by atoms with Crippen molar-refractivity contribution in [2.45, 2.75) is 0 Å². The van der Waals surface area contributed by atoms with Crippen LogP contribution in [0, 0.1) is 0 Å². The van der Waals surface area contributed by atoms with Crippen molar-refractivity contribution in [1.29, 1.82) is 0 Å². The summed E-state index contributed by atoms with van der Waals surface area (Å²) < 4.78 is 9.59. The van der Waals surface area contributed by atoms with Crippen LogP contribution in [0.25, 0.3) is 22.3 Å². The molecule has 3 aromatic rings. The van der Waals surface area contributed by atoms with Gasteiger partial charge in [-0.2, -0.15) is 0 Å². The molecule has 2 heterocycles. The van der Waals surface area contributed by atoms with Crippen molar-refractivity contribution in [2.75, 3.05) is 0 Å². The molecule has 0 amide bonds. The third-order valence-corrected chi connectivity index (χ3v) is 1.60. The van der Waals surface area contributed by atoms with Crippen LogP contribution in [0.4, 0.5) is 0 Å². The van der Waals surface area contributed by atoms with E-state index in [1.165, 1.54) is 0 Å². The second-order valence-corrected chi connectivity index (χ2v) is 2.22. The molecule has 0 atom stereocenters. The fraction of sp³-hybridized carbons (Fsp3) is 0. The minimum Gasteiger partial charge on any atom is -0.501 e. The molecule has 50 valence electrons. The maximum Gasteiger partial charge on any atom is 0.220 e. The topological polar surface area (TPSA) is 66.7 Å². The van der Waals surface area contributed by atoms with Gasteiger partial charge in [0.2, 0.25) is 33.8 Å². The molecule has 0 aliphatic rings. The van der Waals surface area contributed by atoms with E-state index in [-0.39, 0.29) is 11.5 Å². The Morgan fingerprint density at radius 2 is 1.10 bits per heavy atom. The Labute approximate surface area is 53.9 Å². The first kappa shape index (κ1) is 4.27. The summed E-state index contributed by atoms with van der Waals surface area (Å²) in [5, 5.41) is 18.0.